The van der Waals surface area contributed by atoms with Crippen LogP contribution in [0.2, 0.25) is 0 Å². The summed E-state index contributed by atoms with van der Waals surface area (Å²) in [5.74, 6) is 0.819. The molecule has 0 unspecified atom stereocenters. The molecular formula is C13H16BrN3S. The van der Waals surface area contributed by atoms with E-state index < -0.39 is 0 Å². The second-order valence-electron chi connectivity index (χ2n) is 4.10. The van der Waals surface area contributed by atoms with Crippen LogP contribution in [-0.2, 0) is 6.54 Å². The molecule has 2 aromatic rings. The van der Waals surface area contributed by atoms with Gasteiger partial charge in [-0.05, 0) is 54.0 Å². The quantitative estimate of drug-likeness (QED) is 0.850. The summed E-state index contributed by atoms with van der Waals surface area (Å²) in [6, 6.07) is 6.11. The molecule has 3 nitrogen and oxygen atoms in total. The van der Waals surface area contributed by atoms with Gasteiger partial charge in [0.2, 0.25) is 0 Å². The summed E-state index contributed by atoms with van der Waals surface area (Å²) in [7, 11) is 0. The standard InChI is InChI=1S/C13H16BrN3S/c1-3-6-15-8-10-7-9(2)16-13(17-10)11-4-5-12(14)18-11/h4-5,7,15H,3,6,8H2,1-2H3. The van der Waals surface area contributed by atoms with Gasteiger partial charge in [0.1, 0.15) is 0 Å². The highest BCUT2D eigenvalue weighted by atomic mass is 79.9. The van der Waals surface area contributed by atoms with Gasteiger partial charge in [-0.2, -0.15) is 0 Å². The summed E-state index contributed by atoms with van der Waals surface area (Å²) < 4.78 is 1.10. The van der Waals surface area contributed by atoms with E-state index in [0.29, 0.717) is 0 Å². The van der Waals surface area contributed by atoms with E-state index in [4.69, 9.17) is 0 Å². The molecule has 0 fully saturated rings. The van der Waals surface area contributed by atoms with Crippen molar-refractivity contribution in [1.29, 1.82) is 0 Å². The van der Waals surface area contributed by atoms with Crippen molar-refractivity contribution in [2.24, 2.45) is 0 Å². The first-order chi connectivity index (χ1) is 8.69. The van der Waals surface area contributed by atoms with E-state index in [2.05, 4.69) is 38.1 Å². The molecule has 2 aromatic heterocycles. The lowest BCUT2D eigenvalue weighted by atomic mass is 10.3. The van der Waals surface area contributed by atoms with Crippen LogP contribution in [0, 0.1) is 6.92 Å². The molecule has 1 N–H and O–H groups in total. The molecule has 0 saturated heterocycles. The van der Waals surface area contributed by atoms with Crippen molar-refractivity contribution in [2.45, 2.75) is 26.8 Å². The van der Waals surface area contributed by atoms with E-state index in [1.807, 2.05) is 25.1 Å². The third kappa shape index (κ3) is 3.60. The zero-order valence-electron chi connectivity index (χ0n) is 10.5. The average molecular weight is 326 g/mol. The highest BCUT2D eigenvalue weighted by Gasteiger charge is 2.07. The zero-order chi connectivity index (χ0) is 13.0. The molecular weight excluding hydrogens is 310 g/mol. The van der Waals surface area contributed by atoms with Crippen molar-refractivity contribution in [2.75, 3.05) is 6.54 Å². The second kappa shape index (κ2) is 6.41. The number of thiophene rings is 1. The number of nitrogens with one attached hydrogen (secondary N) is 1. The van der Waals surface area contributed by atoms with Crippen molar-refractivity contribution >= 4 is 27.3 Å². The summed E-state index contributed by atoms with van der Waals surface area (Å²) in [6.07, 6.45) is 1.13. The van der Waals surface area contributed by atoms with E-state index >= 15 is 0 Å². The van der Waals surface area contributed by atoms with Gasteiger partial charge in [-0.15, -0.1) is 11.3 Å². The Balaban J connectivity index is 2.21. The summed E-state index contributed by atoms with van der Waals surface area (Å²) in [5, 5.41) is 3.37. The van der Waals surface area contributed by atoms with Crippen LogP contribution in [-0.4, -0.2) is 16.5 Å². The minimum Gasteiger partial charge on any atom is -0.311 e. The molecule has 0 atom stereocenters. The minimum absolute atomic E-state index is 0.802. The van der Waals surface area contributed by atoms with E-state index in [1.165, 1.54) is 0 Å². The summed E-state index contributed by atoms with van der Waals surface area (Å²) in [5.41, 5.74) is 2.06. The van der Waals surface area contributed by atoms with Gasteiger partial charge in [0.15, 0.2) is 5.82 Å². The first-order valence-corrected chi connectivity index (χ1v) is 7.61. The lowest BCUT2D eigenvalue weighted by Crippen LogP contribution is -2.15. The van der Waals surface area contributed by atoms with Gasteiger partial charge in [0.05, 0.1) is 14.4 Å². The van der Waals surface area contributed by atoms with Crippen LogP contribution in [0.1, 0.15) is 24.7 Å². The first kappa shape index (κ1) is 13.6. The Morgan fingerprint density at radius 1 is 1.33 bits per heavy atom. The van der Waals surface area contributed by atoms with Gasteiger partial charge < -0.3 is 5.32 Å². The van der Waals surface area contributed by atoms with Crippen molar-refractivity contribution < 1.29 is 0 Å². The van der Waals surface area contributed by atoms with E-state index in [1.54, 1.807) is 11.3 Å². The SMILES string of the molecule is CCCNCc1cc(C)nc(-c2ccc(Br)s2)n1. The predicted molar refractivity (Wildman–Crippen MR) is 79.8 cm³/mol. The van der Waals surface area contributed by atoms with Crippen molar-refractivity contribution in [3.05, 3.63) is 33.4 Å². The van der Waals surface area contributed by atoms with Crippen LogP contribution in [0.25, 0.3) is 10.7 Å². The van der Waals surface area contributed by atoms with Crippen molar-refractivity contribution in [3.8, 4) is 10.7 Å². The lowest BCUT2D eigenvalue weighted by Gasteiger charge is -2.05. The van der Waals surface area contributed by atoms with Gasteiger partial charge in [-0.3, -0.25) is 0 Å². The number of halogens is 1. The fourth-order valence-electron chi connectivity index (χ4n) is 1.66. The molecule has 5 heteroatoms. The number of nitrogens with zero attached hydrogens (tertiary/aromatic N) is 2. The molecule has 2 heterocycles. The van der Waals surface area contributed by atoms with Crippen molar-refractivity contribution in [1.82, 2.24) is 15.3 Å². The van der Waals surface area contributed by atoms with Gasteiger partial charge in [-0.25, -0.2) is 9.97 Å². The Labute approximate surface area is 120 Å². The number of hydrogen-bond donors (Lipinski definition) is 1. The maximum Gasteiger partial charge on any atom is 0.169 e. The Hall–Kier alpha value is -0.780. The summed E-state index contributed by atoms with van der Waals surface area (Å²) in [6.45, 7) is 5.99. The molecule has 0 aliphatic carbocycles. The van der Waals surface area contributed by atoms with Gasteiger partial charge >= 0.3 is 0 Å². The molecule has 0 amide bonds. The van der Waals surface area contributed by atoms with Gasteiger partial charge in [-0.1, -0.05) is 6.92 Å². The van der Waals surface area contributed by atoms with Gasteiger partial charge in [0.25, 0.3) is 0 Å². The topological polar surface area (TPSA) is 37.8 Å². The molecule has 0 bridgehead atoms. The molecule has 0 aromatic carbocycles. The van der Waals surface area contributed by atoms with Crippen LogP contribution in [0.15, 0.2) is 22.0 Å². The van der Waals surface area contributed by atoms with Crippen molar-refractivity contribution in [3.63, 3.8) is 0 Å². The highest BCUT2D eigenvalue weighted by molar-refractivity contribution is 9.11. The first-order valence-electron chi connectivity index (χ1n) is 6.00. The highest BCUT2D eigenvalue weighted by Crippen LogP contribution is 2.29. The Morgan fingerprint density at radius 3 is 2.83 bits per heavy atom. The molecule has 2 rings (SSSR count). The Morgan fingerprint density at radius 2 is 2.17 bits per heavy atom. The number of aryl methyl sites for hydroxylation is 1. The summed E-state index contributed by atoms with van der Waals surface area (Å²) >= 11 is 5.13. The van der Waals surface area contributed by atoms with Crippen LogP contribution in [0.5, 0.6) is 0 Å². The largest absolute Gasteiger partial charge is 0.311 e. The average Bonchev–Trinajstić information content (AvgIpc) is 2.76. The second-order valence-corrected chi connectivity index (χ2v) is 6.57. The maximum absolute atomic E-state index is 4.60. The fraction of sp³-hybridized carbons (Fsp3) is 0.385. The number of rotatable bonds is 5. The monoisotopic (exact) mass is 325 g/mol. The number of hydrogen-bond acceptors (Lipinski definition) is 4. The lowest BCUT2D eigenvalue weighted by molar-refractivity contribution is 0.663. The molecule has 96 valence electrons. The normalized spacial score (nSPS) is 10.8. The smallest absolute Gasteiger partial charge is 0.169 e. The fourth-order valence-corrected chi connectivity index (χ4v) is 2.98. The van der Waals surface area contributed by atoms with E-state index in [-0.39, 0.29) is 0 Å². The third-order valence-corrected chi connectivity index (χ3v) is 4.05. The zero-order valence-corrected chi connectivity index (χ0v) is 12.9. The van der Waals surface area contributed by atoms with Crippen LogP contribution in [0.3, 0.4) is 0 Å². The molecule has 0 saturated carbocycles. The maximum atomic E-state index is 4.60. The van der Waals surface area contributed by atoms with Crippen LogP contribution in [0.4, 0.5) is 0 Å². The third-order valence-electron chi connectivity index (χ3n) is 2.43. The van der Waals surface area contributed by atoms with Crippen LogP contribution >= 0.6 is 27.3 Å². The predicted octanol–water partition coefficient (Wildman–Crippen LogP) is 3.78. The number of aromatic nitrogens is 2. The molecule has 0 aliphatic rings. The minimum atomic E-state index is 0.802. The Bertz CT molecular complexity index is 525. The molecule has 18 heavy (non-hydrogen) atoms. The molecule has 0 spiro atoms. The van der Waals surface area contributed by atoms with Gasteiger partial charge in [0, 0.05) is 12.2 Å². The molecule has 0 radical (unpaired) electrons. The molecule has 0 aliphatic heterocycles. The van der Waals surface area contributed by atoms with Crippen LogP contribution < -0.4 is 5.32 Å². The summed E-state index contributed by atoms with van der Waals surface area (Å²) in [4.78, 5) is 10.2. The van der Waals surface area contributed by atoms with E-state index in [0.717, 1.165) is 45.4 Å². The Kier molecular flexibility index (Phi) is 4.86. The van der Waals surface area contributed by atoms with E-state index in [9.17, 15) is 0 Å².